The Labute approximate surface area is 127 Å². The van der Waals surface area contributed by atoms with E-state index in [2.05, 4.69) is 10.6 Å². The molecule has 0 spiro atoms. The molecular weight excluding hydrogens is 270 g/mol. The minimum atomic E-state index is -0.991. The van der Waals surface area contributed by atoms with Crippen molar-refractivity contribution in [3.63, 3.8) is 0 Å². The molecule has 2 amide bonds. The predicted molar refractivity (Wildman–Crippen MR) is 81.6 cm³/mol. The van der Waals surface area contributed by atoms with Crippen molar-refractivity contribution >= 4 is 11.8 Å². The molecule has 1 saturated carbocycles. The Morgan fingerprint density at radius 2 is 1.90 bits per heavy atom. The summed E-state index contributed by atoms with van der Waals surface area (Å²) in [5.41, 5.74) is 4.47. The van der Waals surface area contributed by atoms with E-state index >= 15 is 0 Å². The van der Waals surface area contributed by atoms with Crippen LogP contribution < -0.4 is 16.4 Å². The molecule has 1 rings (SSSR count). The zero-order valence-corrected chi connectivity index (χ0v) is 14.0. The van der Waals surface area contributed by atoms with Gasteiger partial charge in [-0.3, -0.25) is 9.59 Å². The molecule has 0 radical (unpaired) electrons. The number of nitrogens with two attached hydrogens (primary N) is 1. The largest absolute Gasteiger partial charge is 0.378 e. The van der Waals surface area contributed by atoms with Crippen LogP contribution in [-0.2, 0) is 14.3 Å². The molecule has 2 unspecified atom stereocenters. The lowest BCUT2D eigenvalue weighted by Crippen LogP contribution is -2.76. The molecule has 0 aliphatic heterocycles. The van der Waals surface area contributed by atoms with Crippen LogP contribution in [0, 0.1) is 5.41 Å². The smallest absolute Gasteiger partial charge is 0.241 e. The molecule has 0 saturated heterocycles. The lowest BCUT2D eigenvalue weighted by Gasteiger charge is -2.57. The average Bonchev–Trinajstić information content (AvgIpc) is 2.33. The standard InChI is InChI=1S/C15H29N3O3/c1-7-21-10-8-15(16,14(10,5)6)12(20)17-9-11(19)18-13(2,3)4/h10H,7-9,16H2,1-6H3,(H,17,20)(H,18,19). The van der Waals surface area contributed by atoms with E-state index in [-0.39, 0.29) is 30.0 Å². The SMILES string of the molecule is CCOC1CC(N)(C(=O)NCC(=O)NC(C)(C)C)C1(C)C. The Bertz CT molecular complexity index is 415. The Kier molecular flexibility index (Phi) is 5.05. The van der Waals surface area contributed by atoms with Gasteiger partial charge in [0.05, 0.1) is 12.6 Å². The minimum absolute atomic E-state index is 0.0262. The summed E-state index contributed by atoms with van der Waals surface area (Å²) in [6, 6.07) is 0. The molecule has 6 heteroatoms. The van der Waals surface area contributed by atoms with Gasteiger partial charge >= 0.3 is 0 Å². The summed E-state index contributed by atoms with van der Waals surface area (Å²) in [7, 11) is 0. The number of nitrogens with one attached hydrogen (secondary N) is 2. The number of carbonyl (C=O) groups is 2. The van der Waals surface area contributed by atoms with Crippen LogP contribution in [0.3, 0.4) is 0 Å². The van der Waals surface area contributed by atoms with E-state index in [9.17, 15) is 9.59 Å². The van der Waals surface area contributed by atoms with E-state index in [1.54, 1.807) is 0 Å². The monoisotopic (exact) mass is 299 g/mol. The van der Waals surface area contributed by atoms with Crippen LogP contribution in [0.5, 0.6) is 0 Å². The molecule has 1 aliphatic carbocycles. The van der Waals surface area contributed by atoms with Crippen molar-refractivity contribution in [3.05, 3.63) is 0 Å². The maximum absolute atomic E-state index is 12.3. The van der Waals surface area contributed by atoms with Gasteiger partial charge in [-0.15, -0.1) is 0 Å². The highest BCUT2D eigenvalue weighted by Gasteiger charge is 2.62. The van der Waals surface area contributed by atoms with Crippen LogP contribution in [0.1, 0.15) is 48.0 Å². The van der Waals surface area contributed by atoms with E-state index < -0.39 is 11.0 Å². The molecule has 0 aromatic carbocycles. The Morgan fingerprint density at radius 3 is 2.33 bits per heavy atom. The molecule has 1 fully saturated rings. The Hall–Kier alpha value is -1.14. The maximum Gasteiger partial charge on any atom is 0.241 e. The molecule has 21 heavy (non-hydrogen) atoms. The summed E-state index contributed by atoms with van der Waals surface area (Å²) in [6.07, 6.45) is 0.447. The molecule has 1 aliphatic rings. The topological polar surface area (TPSA) is 93.4 Å². The van der Waals surface area contributed by atoms with Crippen molar-refractivity contribution in [1.29, 1.82) is 0 Å². The summed E-state index contributed by atoms with van der Waals surface area (Å²) < 4.78 is 5.59. The van der Waals surface area contributed by atoms with Crippen LogP contribution in [0.2, 0.25) is 0 Å². The van der Waals surface area contributed by atoms with E-state index in [4.69, 9.17) is 10.5 Å². The van der Waals surface area contributed by atoms with Crippen molar-refractivity contribution in [1.82, 2.24) is 10.6 Å². The van der Waals surface area contributed by atoms with Gasteiger partial charge in [-0.25, -0.2) is 0 Å². The predicted octanol–water partition coefficient (Wildman–Crippen LogP) is 0.550. The van der Waals surface area contributed by atoms with E-state index in [1.807, 2.05) is 41.5 Å². The first-order valence-electron chi connectivity index (χ1n) is 7.44. The van der Waals surface area contributed by atoms with E-state index in [0.29, 0.717) is 13.0 Å². The average molecular weight is 299 g/mol. The molecule has 122 valence electrons. The first-order chi connectivity index (χ1) is 9.44. The molecule has 2 atom stereocenters. The normalized spacial score (nSPS) is 27.7. The molecule has 0 heterocycles. The van der Waals surface area contributed by atoms with Crippen LogP contribution >= 0.6 is 0 Å². The number of ether oxygens (including phenoxy) is 1. The third-order valence-electron chi connectivity index (χ3n) is 4.16. The van der Waals surface area contributed by atoms with Crippen LogP contribution in [0.4, 0.5) is 0 Å². The zero-order chi connectivity index (χ0) is 16.5. The van der Waals surface area contributed by atoms with Gasteiger partial charge in [0.15, 0.2) is 0 Å². The second-order valence-corrected chi connectivity index (χ2v) is 7.32. The van der Waals surface area contributed by atoms with Crippen molar-refractivity contribution in [2.75, 3.05) is 13.2 Å². The van der Waals surface area contributed by atoms with Crippen LogP contribution in [0.25, 0.3) is 0 Å². The molecular formula is C15H29N3O3. The highest BCUT2D eigenvalue weighted by atomic mass is 16.5. The second-order valence-electron chi connectivity index (χ2n) is 7.32. The Balaban J connectivity index is 2.55. The quantitative estimate of drug-likeness (QED) is 0.691. The third kappa shape index (κ3) is 3.74. The van der Waals surface area contributed by atoms with Gasteiger partial charge in [-0.1, -0.05) is 13.8 Å². The summed E-state index contributed by atoms with van der Waals surface area (Å²) in [5.74, 6) is -0.523. The van der Waals surface area contributed by atoms with Gasteiger partial charge in [0.2, 0.25) is 11.8 Å². The second kappa shape index (κ2) is 5.93. The summed E-state index contributed by atoms with van der Waals surface area (Å²) in [5, 5.41) is 5.43. The number of hydrogen-bond donors (Lipinski definition) is 3. The van der Waals surface area contributed by atoms with E-state index in [1.165, 1.54) is 0 Å². The fourth-order valence-electron chi connectivity index (χ4n) is 2.60. The fourth-order valence-corrected chi connectivity index (χ4v) is 2.60. The third-order valence-corrected chi connectivity index (χ3v) is 4.16. The van der Waals surface area contributed by atoms with Gasteiger partial charge in [0, 0.05) is 24.0 Å². The molecule has 0 aromatic heterocycles. The van der Waals surface area contributed by atoms with Crippen molar-refractivity contribution in [2.24, 2.45) is 11.1 Å². The zero-order valence-electron chi connectivity index (χ0n) is 14.0. The summed E-state index contributed by atoms with van der Waals surface area (Å²) >= 11 is 0. The Morgan fingerprint density at radius 1 is 1.33 bits per heavy atom. The highest BCUT2D eigenvalue weighted by molar-refractivity contribution is 5.92. The summed E-state index contributed by atoms with van der Waals surface area (Å²) in [6.45, 7) is 12.0. The minimum Gasteiger partial charge on any atom is -0.378 e. The van der Waals surface area contributed by atoms with E-state index in [0.717, 1.165) is 0 Å². The maximum atomic E-state index is 12.3. The number of rotatable bonds is 5. The van der Waals surface area contributed by atoms with Gasteiger partial charge in [-0.2, -0.15) is 0 Å². The number of carbonyl (C=O) groups excluding carboxylic acids is 2. The van der Waals surface area contributed by atoms with Gasteiger partial charge in [0.25, 0.3) is 0 Å². The highest BCUT2D eigenvalue weighted by Crippen LogP contribution is 2.49. The lowest BCUT2D eigenvalue weighted by molar-refractivity contribution is -0.170. The molecule has 6 nitrogen and oxygen atoms in total. The number of hydrogen-bond acceptors (Lipinski definition) is 4. The first kappa shape index (κ1) is 17.9. The van der Waals surface area contributed by atoms with Crippen LogP contribution in [-0.4, -0.2) is 42.1 Å². The fraction of sp³-hybridized carbons (Fsp3) is 0.867. The van der Waals surface area contributed by atoms with Crippen molar-refractivity contribution < 1.29 is 14.3 Å². The van der Waals surface area contributed by atoms with Crippen LogP contribution in [0.15, 0.2) is 0 Å². The van der Waals surface area contributed by atoms with Crippen molar-refractivity contribution in [2.45, 2.75) is 65.1 Å². The van der Waals surface area contributed by atoms with Gasteiger partial charge in [-0.05, 0) is 27.7 Å². The number of amides is 2. The molecule has 0 bridgehead atoms. The summed E-state index contributed by atoms with van der Waals surface area (Å²) in [4.78, 5) is 24.0. The first-order valence-corrected chi connectivity index (χ1v) is 7.44. The molecule has 0 aromatic rings. The van der Waals surface area contributed by atoms with Gasteiger partial charge in [0.1, 0.15) is 5.54 Å². The van der Waals surface area contributed by atoms with Gasteiger partial charge < -0.3 is 21.1 Å². The molecule has 4 N–H and O–H groups in total. The lowest BCUT2D eigenvalue weighted by atomic mass is 9.54. The van der Waals surface area contributed by atoms with Crippen molar-refractivity contribution in [3.8, 4) is 0 Å².